The molecule has 1 atom stereocenters. The number of nitrogen functional groups attached to an aromatic ring is 1. The molecule has 1 aromatic heterocycles. The van der Waals surface area contributed by atoms with Crippen molar-refractivity contribution in [3.05, 3.63) is 23.9 Å². The van der Waals surface area contributed by atoms with Gasteiger partial charge in [-0.15, -0.1) is 0 Å². The lowest BCUT2D eigenvalue weighted by Crippen LogP contribution is -2.36. The number of aromatic nitrogens is 1. The SMILES string of the molecule is CC(C1CC1)N(C)C(=O)c1ccnc(NN)c1. The van der Waals surface area contributed by atoms with Gasteiger partial charge >= 0.3 is 0 Å². The van der Waals surface area contributed by atoms with E-state index < -0.39 is 0 Å². The zero-order valence-electron chi connectivity index (χ0n) is 10.2. The fraction of sp³-hybridized carbons (Fsp3) is 0.500. The van der Waals surface area contributed by atoms with Crippen LogP contribution in [-0.4, -0.2) is 28.9 Å². The second kappa shape index (κ2) is 4.71. The maximum absolute atomic E-state index is 12.2. The molecule has 2 rings (SSSR count). The van der Waals surface area contributed by atoms with Crippen LogP contribution in [0.3, 0.4) is 0 Å². The molecule has 0 bridgehead atoms. The fourth-order valence-corrected chi connectivity index (χ4v) is 1.93. The van der Waals surface area contributed by atoms with E-state index in [-0.39, 0.29) is 5.91 Å². The second-order valence-electron chi connectivity index (χ2n) is 4.57. The summed E-state index contributed by atoms with van der Waals surface area (Å²) >= 11 is 0. The lowest BCUT2D eigenvalue weighted by atomic mass is 10.1. The molecule has 0 spiro atoms. The average molecular weight is 234 g/mol. The van der Waals surface area contributed by atoms with Crippen LogP contribution in [0.1, 0.15) is 30.1 Å². The molecule has 1 aromatic rings. The Labute approximate surface area is 101 Å². The molecule has 1 aliphatic carbocycles. The molecule has 0 saturated heterocycles. The van der Waals surface area contributed by atoms with Crippen LogP contribution >= 0.6 is 0 Å². The minimum Gasteiger partial charge on any atom is -0.339 e. The zero-order valence-corrected chi connectivity index (χ0v) is 10.2. The van der Waals surface area contributed by atoms with Gasteiger partial charge in [0.1, 0.15) is 5.82 Å². The number of nitrogens with zero attached hydrogens (tertiary/aromatic N) is 2. The van der Waals surface area contributed by atoms with Gasteiger partial charge in [-0.2, -0.15) is 0 Å². The molecule has 0 aromatic carbocycles. The summed E-state index contributed by atoms with van der Waals surface area (Å²) in [5, 5.41) is 0. The third-order valence-corrected chi connectivity index (χ3v) is 3.39. The molecule has 1 saturated carbocycles. The summed E-state index contributed by atoms with van der Waals surface area (Å²) in [7, 11) is 1.85. The first kappa shape index (κ1) is 11.9. The number of carbonyl (C=O) groups excluding carboxylic acids is 1. The largest absolute Gasteiger partial charge is 0.339 e. The molecule has 17 heavy (non-hydrogen) atoms. The Morgan fingerprint density at radius 1 is 1.65 bits per heavy atom. The Kier molecular flexibility index (Phi) is 3.28. The minimum absolute atomic E-state index is 0.0169. The fourth-order valence-electron chi connectivity index (χ4n) is 1.93. The summed E-state index contributed by atoms with van der Waals surface area (Å²) in [6, 6.07) is 3.67. The summed E-state index contributed by atoms with van der Waals surface area (Å²) in [5.41, 5.74) is 3.06. The lowest BCUT2D eigenvalue weighted by molar-refractivity contribution is 0.0727. The van der Waals surface area contributed by atoms with Crippen molar-refractivity contribution in [2.75, 3.05) is 12.5 Å². The van der Waals surface area contributed by atoms with E-state index in [1.807, 2.05) is 7.05 Å². The van der Waals surface area contributed by atoms with Crippen LogP contribution in [0.25, 0.3) is 0 Å². The van der Waals surface area contributed by atoms with E-state index in [1.54, 1.807) is 23.2 Å². The molecule has 1 heterocycles. The van der Waals surface area contributed by atoms with E-state index in [0.717, 1.165) is 0 Å². The molecule has 3 N–H and O–H groups in total. The Morgan fingerprint density at radius 3 is 2.94 bits per heavy atom. The third kappa shape index (κ3) is 2.55. The van der Waals surface area contributed by atoms with Crippen LogP contribution in [0, 0.1) is 5.92 Å². The highest BCUT2D eigenvalue weighted by atomic mass is 16.2. The molecule has 5 nitrogen and oxygen atoms in total. The number of hydrazine groups is 1. The number of hydrogen-bond donors (Lipinski definition) is 2. The molecule has 1 aliphatic rings. The van der Waals surface area contributed by atoms with Gasteiger partial charge in [-0.25, -0.2) is 10.8 Å². The summed E-state index contributed by atoms with van der Waals surface area (Å²) < 4.78 is 0. The van der Waals surface area contributed by atoms with Crippen molar-refractivity contribution in [1.29, 1.82) is 0 Å². The van der Waals surface area contributed by atoms with Crippen molar-refractivity contribution in [1.82, 2.24) is 9.88 Å². The van der Waals surface area contributed by atoms with Crippen LogP contribution in [0.4, 0.5) is 5.82 Å². The van der Waals surface area contributed by atoms with Gasteiger partial charge in [-0.05, 0) is 37.8 Å². The van der Waals surface area contributed by atoms with Crippen LogP contribution in [0.2, 0.25) is 0 Å². The van der Waals surface area contributed by atoms with Gasteiger partial charge in [0.2, 0.25) is 0 Å². The number of anilines is 1. The van der Waals surface area contributed by atoms with Crippen molar-refractivity contribution in [3.63, 3.8) is 0 Å². The second-order valence-corrected chi connectivity index (χ2v) is 4.57. The van der Waals surface area contributed by atoms with Crippen LogP contribution in [-0.2, 0) is 0 Å². The maximum Gasteiger partial charge on any atom is 0.254 e. The lowest BCUT2D eigenvalue weighted by Gasteiger charge is -2.25. The summed E-state index contributed by atoms with van der Waals surface area (Å²) in [4.78, 5) is 18.0. The number of amides is 1. The van der Waals surface area contributed by atoms with Crippen molar-refractivity contribution in [3.8, 4) is 0 Å². The Bertz CT molecular complexity index is 417. The predicted octanol–water partition coefficient (Wildman–Crippen LogP) is 1.24. The van der Waals surface area contributed by atoms with Gasteiger partial charge < -0.3 is 10.3 Å². The summed E-state index contributed by atoms with van der Waals surface area (Å²) in [6.45, 7) is 2.10. The molecular formula is C12H18N4O. The zero-order chi connectivity index (χ0) is 12.4. The molecule has 1 fully saturated rings. The average Bonchev–Trinajstić information content (AvgIpc) is 3.20. The normalized spacial score (nSPS) is 16.4. The number of nitrogens with two attached hydrogens (primary N) is 1. The standard InChI is InChI=1S/C12H18N4O/c1-8(9-3-4-9)16(2)12(17)10-5-6-14-11(7-10)15-13/h5-9H,3-4,13H2,1-2H3,(H,14,15). The predicted molar refractivity (Wildman–Crippen MR) is 66.3 cm³/mol. The third-order valence-electron chi connectivity index (χ3n) is 3.39. The summed E-state index contributed by atoms with van der Waals surface area (Å²) in [5.74, 6) is 6.46. The van der Waals surface area contributed by atoms with Crippen LogP contribution in [0.15, 0.2) is 18.3 Å². The van der Waals surface area contributed by atoms with E-state index >= 15 is 0 Å². The molecule has 1 unspecified atom stereocenters. The molecule has 1 amide bonds. The monoisotopic (exact) mass is 234 g/mol. The van der Waals surface area contributed by atoms with Gasteiger partial charge in [0.15, 0.2) is 0 Å². The first-order valence-electron chi connectivity index (χ1n) is 5.83. The quantitative estimate of drug-likeness (QED) is 0.607. The van der Waals surface area contributed by atoms with Gasteiger partial charge in [-0.1, -0.05) is 0 Å². The Balaban J connectivity index is 2.11. The van der Waals surface area contributed by atoms with Crippen molar-refractivity contribution < 1.29 is 4.79 Å². The molecule has 0 radical (unpaired) electrons. The molecule has 92 valence electrons. The van der Waals surface area contributed by atoms with Crippen molar-refractivity contribution in [2.24, 2.45) is 11.8 Å². The smallest absolute Gasteiger partial charge is 0.254 e. The maximum atomic E-state index is 12.2. The van der Waals surface area contributed by atoms with E-state index in [0.29, 0.717) is 23.3 Å². The Morgan fingerprint density at radius 2 is 2.35 bits per heavy atom. The van der Waals surface area contributed by atoms with E-state index in [9.17, 15) is 4.79 Å². The van der Waals surface area contributed by atoms with Crippen molar-refractivity contribution >= 4 is 11.7 Å². The minimum atomic E-state index is 0.0169. The number of carbonyl (C=O) groups is 1. The van der Waals surface area contributed by atoms with E-state index in [4.69, 9.17) is 5.84 Å². The van der Waals surface area contributed by atoms with Gasteiger partial charge in [-0.3, -0.25) is 4.79 Å². The highest BCUT2D eigenvalue weighted by molar-refractivity contribution is 5.94. The molecule has 0 aliphatic heterocycles. The van der Waals surface area contributed by atoms with Crippen molar-refractivity contribution in [2.45, 2.75) is 25.8 Å². The number of rotatable bonds is 4. The number of hydrogen-bond acceptors (Lipinski definition) is 4. The first-order chi connectivity index (χ1) is 8.13. The molecular weight excluding hydrogens is 216 g/mol. The van der Waals surface area contributed by atoms with Gasteiger partial charge in [0, 0.05) is 24.8 Å². The van der Waals surface area contributed by atoms with Gasteiger partial charge in [0.25, 0.3) is 5.91 Å². The Hall–Kier alpha value is -1.62. The highest BCUT2D eigenvalue weighted by Gasteiger charge is 2.32. The number of pyridine rings is 1. The summed E-state index contributed by atoms with van der Waals surface area (Å²) in [6.07, 6.45) is 4.04. The highest BCUT2D eigenvalue weighted by Crippen LogP contribution is 2.35. The first-order valence-corrected chi connectivity index (χ1v) is 5.83. The number of nitrogens with one attached hydrogen (secondary N) is 1. The van der Waals surface area contributed by atoms with Crippen LogP contribution in [0.5, 0.6) is 0 Å². The van der Waals surface area contributed by atoms with Crippen LogP contribution < -0.4 is 11.3 Å². The van der Waals surface area contributed by atoms with E-state index in [2.05, 4.69) is 17.3 Å². The van der Waals surface area contributed by atoms with E-state index in [1.165, 1.54) is 12.8 Å². The van der Waals surface area contributed by atoms with Gasteiger partial charge in [0.05, 0.1) is 0 Å². The topological polar surface area (TPSA) is 71.2 Å². The molecule has 5 heteroatoms.